The maximum atomic E-state index is 14.4. The highest BCUT2D eigenvalue weighted by atomic mass is 19.4. The standard InChI is InChI=1S/C27H25F3O3/c1-18(2)14-23(26(31)32-3)22-15-21(20-12-8-5-9-13-20)16-24(25(22)27(28,29)30)33-17-19-10-6-4-7-11-19/h4-13,15-16,23H,1,14,17H2,2-3H3. The Labute approximate surface area is 191 Å². The molecule has 0 amide bonds. The fourth-order valence-corrected chi connectivity index (χ4v) is 3.67. The van der Waals surface area contributed by atoms with Crippen molar-refractivity contribution in [2.45, 2.75) is 32.0 Å². The van der Waals surface area contributed by atoms with E-state index in [1.54, 1.807) is 55.5 Å². The normalized spacial score (nSPS) is 12.2. The minimum absolute atomic E-state index is 0.0200. The molecular weight excluding hydrogens is 429 g/mol. The lowest BCUT2D eigenvalue weighted by Gasteiger charge is -2.24. The lowest BCUT2D eigenvalue weighted by atomic mass is 9.86. The van der Waals surface area contributed by atoms with Crippen molar-refractivity contribution >= 4 is 5.97 Å². The summed E-state index contributed by atoms with van der Waals surface area (Å²) in [7, 11) is 1.16. The Hall–Kier alpha value is -3.54. The van der Waals surface area contributed by atoms with Crippen LogP contribution in [-0.4, -0.2) is 13.1 Å². The van der Waals surface area contributed by atoms with E-state index >= 15 is 0 Å². The number of alkyl halides is 3. The van der Waals surface area contributed by atoms with E-state index in [0.717, 1.165) is 12.7 Å². The fraction of sp³-hybridized carbons (Fsp3) is 0.222. The molecule has 6 heteroatoms. The van der Waals surface area contributed by atoms with Gasteiger partial charge in [0, 0.05) is 0 Å². The second-order valence-corrected chi connectivity index (χ2v) is 7.81. The zero-order valence-electron chi connectivity index (χ0n) is 18.5. The molecule has 1 unspecified atom stereocenters. The summed E-state index contributed by atoms with van der Waals surface area (Å²) in [4.78, 5) is 12.6. The molecule has 33 heavy (non-hydrogen) atoms. The van der Waals surface area contributed by atoms with Crippen molar-refractivity contribution < 1.29 is 27.4 Å². The molecule has 3 nitrogen and oxygen atoms in total. The first-order valence-electron chi connectivity index (χ1n) is 10.4. The summed E-state index contributed by atoms with van der Waals surface area (Å²) >= 11 is 0. The van der Waals surface area contributed by atoms with Gasteiger partial charge in [-0.25, -0.2) is 0 Å². The summed E-state index contributed by atoms with van der Waals surface area (Å²) in [5.41, 5.74) is 1.34. The molecule has 0 spiro atoms. The molecule has 0 heterocycles. The van der Waals surface area contributed by atoms with Crippen LogP contribution in [0.25, 0.3) is 11.1 Å². The molecule has 0 fully saturated rings. The Kier molecular flexibility index (Phi) is 7.59. The van der Waals surface area contributed by atoms with Crippen molar-refractivity contribution in [1.29, 1.82) is 0 Å². The van der Waals surface area contributed by atoms with Crippen LogP contribution in [0.4, 0.5) is 13.2 Å². The largest absolute Gasteiger partial charge is 0.488 e. The molecule has 1 atom stereocenters. The number of hydrogen-bond acceptors (Lipinski definition) is 3. The molecule has 0 saturated carbocycles. The molecule has 3 aromatic rings. The molecule has 0 aliphatic carbocycles. The summed E-state index contributed by atoms with van der Waals surface area (Å²) in [6.45, 7) is 5.40. The fourth-order valence-electron chi connectivity index (χ4n) is 3.67. The molecular formula is C27H25F3O3. The lowest BCUT2D eigenvalue weighted by molar-refractivity contribution is -0.144. The Morgan fingerprint density at radius 3 is 2.12 bits per heavy atom. The number of benzene rings is 3. The Morgan fingerprint density at radius 1 is 0.970 bits per heavy atom. The Balaban J connectivity index is 2.23. The number of rotatable bonds is 8. The van der Waals surface area contributed by atoms with Crippen LogP contribution in [-0.2, 0) is 22.3 Å². The second-order valence-electron chi connectivity index (χ2n) is 7.81. The van der Waals surface area contributed by atoms with Crippen LogP contribution < -0.4 is 4.74 Å². The van der Waals surface area contributed by atoms with Crippen molar-refractivity contribution in [3.8, 4) is 16.9 Å². The van der Waals surface area contributed by atoms with E-state index in [1.807, 2.05) is 12.1 Å². The van der Waals surface area contributed by atoms with Crippen LogP contribution in [0.15, 0.2) is 84.9 Å². The molecule has 0 N–H and O–H groups in total. The minimum Gasteiger partial charge on any atom is -0.488 e. The molecule has 3 rings (SSSR count). The molecule has 172 valence electrons. The molecule has 0 bridgehead atoms. The van der Waals surface area contributed by atoms with Crippen molar-refractivity contribution in [1.82, 2.24) is 0 Å². The van der Waals surface area contributed by atoms with Gasteiger partial charge < -0.3 is 9.47 Å². The number of methoxy groups -OCH3 is 1. The van der Waals surface area contributed by atoms with E-state index in [4.69, 9.17) is 9.47 Å². The molecule has 0 saturated heterocycles. The molecule has 0 radical (unpaired) electrons. The van der Waals surface area contributed by atoms with Crippen molar-refractivity contribution in [3.63, 3.8) is 0 Å². The number of esters is 1. The zero-order chi connectivity index (χ0) is 24.0. The van der Waals surface area contributed by atoms with Gasteiger partial charge >= 0.3 is 12.1 Å². The van der Waals surface area contributed by atoms with Gasteiger partial charge in [0.05, 0.1) is 13.0 Å². The molecule has 3 aromatic carbocycles. The zero-order valence-corrected chi connectivity index (χ0v) is 18.5. The Bertz CT molecular complexity index is 1110. The first-order valence-corrected chi connectivity index (χ1v) is 10.4. The maximum absolute atomic E-state index is 14.4. The van der Waals surface area contributed by atoms with Gasteiger partial charge in [0.1, 0.15) is 17.9 Å². The van der Waals surface area contributed by atoms with Crippen molar-refractivity contribution in [3.05, 3.63) is 102 Å². The SMILES string of the molecule is C=C(C)CC(C(=O)OC)c1cc(-c2ccccc2)cc(OCc2ccccc2)c1C(F)(F)F. The smallest absolute Gasteiger partial charge is 0.420 e. The number of allylic oxidation sites excluding steroid dienone is 1. The van der Waals surface area contributed by atoms with Crippen LogP contribution in [0.2, 0.25) is 0 Å². The molecule has 0 aliphatic rings. The monoisotopic (exact) mass is 454 g/mol. The first-order chi connectivity index (χ1) is 15.7. The number of halogens is 3. The third-order valence-electron chi connectivity index (χ3n) is 5.17. The topological polar surface area (TPSA) is 35.5 Å². The number of carbonyl (C=O) groups excluding carboxylic acids is 1. The van der Waals surface area contributed by atoms with E-state index in [0.29, 0.717) is 16.7 Å². The maximum Gasteiger partial charge on any atom is 0.420 e. The van der Waals surface area contributed by atoms with E-state index in [2.05, 4.69) is 6.58 Å². The van der Waals surface area contributed by atoms with Gasteiger partial charge in [-0.2, -0.15) is 13.2 Å². The van der Waals surface area contributed by atoms with Crippen LogP contribution >= 0.6 is 0 Å². The van der Waals surface area contributed by atoms with Gasteiger partial charge in [0.15, 0.2) is 0 Å². The van der Waals surface area contributed by atoms with Gasteiger partial charge in [-0.05, 0) is 47.7 Å². The van der Waals surface area contributed by atoms with Crippen molar-refractivity contribution in [2.75, 3.05) is 7.11 Å². The van der Waals surface area contributed by atoms with E-state index in [1.165, 1.54) is 12.1 Å². The predicted octanol–water partition coefficient (Wildman–Crippen LogP) is 7.17. The first kappa shape index (κ1) is 24.1. The van der Waals surface area contributed by atoms with E-state index in [-0.39, 0.29) is 24.3 Å². The van der Waals surface area contributed by atoms with Crippen molar-refractivity contribution in [2.24, 2.45) is 0 Å². The summed E-state index contributed by atoms with van der Waals surface area (Å²) in [5.74, 6) is -2.27. The summed E-state index contributed by atoms with van der Waals surface area (Å²) in [6.07, 6.45) is -4.73. The van der Waals surface area contributed by atoms with Gasteiger partial charge in [0.2, 0.25) is 0 Å². The highest BCUT2D eigenvalue weighted by Crippen LogP contribution is 2.45. The van der Waals surface area contributed by atoms with E-state index < -0.39 is 23.6 Å². The lowest BCUT2D eigenvalue weighted by Crippen LogP contribution is -2.21. The number of hydrogen-bond donors (Lipinski definition) is 0. The summed E-state index contributed by atoms with van der Waals surface area (Å²) < 4.78 is 53.7. The molecule has 0 aliphatic heterocycles. The summed E-state index contributed by atoms with van der Waals surface area (Å²) in [6, 6.07) is 20.7. The number of carbonyl (C=O) groups is 1. The highest BCUT2D eigenvalue weighted by molar-refractivity contribution is 5.81. The average Bonchev–Trinajstić information content (AvgIpc) is 2.80. The highest BCUT2D eigenvalue weighted by Gasteiger charge is 2.41. The minimum atomic E-state index is -4.75. The van der Waals surface area contributed by atoms with Crippen LogP contribution in [0.1, 0.15) is 36.0 Å². The van der Waals surface area contributed by atoms with Gasteiger partial charge in [-0.3, -0.25) is 4.79 Å². The predicted molar refractivity (Wildman–Crippen MR) is 122 cm³/mol. The quantitative estimate of drug-likeness (QED) is 0.267. The second kappa shape index (κ2) is 10.4. The van der Waals surface area contributed by atoms with Crippen LogP contribution in [0, 0.1) is 0 Å². The van der Waals surface area contributed by atoms with Gasteiger partial charge in [-0.1, -0.05) is 66.2 Å². The summed E-state index contributed by atoms with van der Waals surface area (Å²) in [5, 5.41) is 0. The van der Waals surface area contributed by atoms with Gasteiger partial charge in [0.25, 0.3) is 0 Å². The number of ether oxygens (including phenoxy) is 2. The van der Waals surface area contributed by atoms with Crippen LogP contribution in [0.3, 0.4) is 0 Å². The molecule has 0 aromatic heterocycles. The Morgan fingerprint density at radius 2 is 1.58 bits per heavy atom. The third kappa shape index (κ3) is 6.04. The van der Waals surface area contributed by atoms with Crippen LogP contribution in [0.5, 0.6) is 5.75 Å². The average molecular weight is 454 g/mol. The third-order valence-corrected chi connectivity index (χ3v) is 5.17. The van der Waals surface area contributed by atoms with Gasteiger partial charge in [-0.15, -0.1) is 6.58 Å². The van der Waals surface area contributed by atoms with E-state index in [9.17, 15) is 18.0 Å².